The maximum atomic E-state index is 13.8. The molecular weight excluding hydrogens is 476 g/mol. The Morgan fingerprint density at radius 3 is 2.56 bits per heavy atom. The van der Waals surface area contributed by atoms with Gasteiger partial charge in [0.1, 0.15) is 17.1 Å². The van der Waals surface area contributed by atoms with Crippen molar-refractivity contribution in [3.8, 4) is 11.5 Å². The van der Waals surface area contributed by atoms with Crippen molar-refractivity contribution in [3.63, 3.8) is 0 Å². The van der Waals surface area contributed by atoms with Gasteiger partial charge in [-0.05, 0) is 61.9 Å². The van der Waals surface area contributed by atoms with Gasteiger partial charge in [0.2, 0.25) is 5.76 Å². The number of aromatic nitrogens is 1. The molecule has 1 amide bonds. The minimum atomic E-state index is -0.688. The maximum Gasteiger partial charge on any atom is 0.297 e. The van der Waals surface area contributed by atoms with Crippen LogP contribution >= 0.6 is 11.3 Å². The van der Waals surface area contributed by atoms with Crippen LogP contribution in [0.5, 0.6) is 11.5 Å². The van der Waals surface area contributed by atoms with Crippen molar-refractivity contribution >= 4 is 43.6 Å². The van der Waals surface area contributed by atoms with E-state index in [0.29, 0.717) is 34.0 Å². The van der Waals surface area contributed by atoms with Crippen LogP contribution in [0.25, 0.3) is 21.2 Å². The number of hydrogen-bond donors (Lipinski definition) is 0. The molecule has 5 aromatic rings. The van der Waals surface area contributed by atoms with Gasteiger partial charge < -0.3 is 13.9 Å². The Labute approximate surface area is 210 Å². The highest BCUT2D eigenvalue weighted by Gasteiger charge is 2.45. The summed E-state index contributed by atoms with van der Waals surface area (Å²) in [5.41, 5.74) is 2.93. The Morgan fingerprint density at radius 2 is 1.81 bits per heavy atom. The maximum absolute atomic E-state index is 13.8. The van der Waals surface area contributed by atoms with Crippen molar-refractivity contribution in [2.75, 3.05) is 18.6 Å². The third kappa shape index (κ3) is 3.45. The van der Waals surface area contributed by atoms with Crippen molar-refractivity contribution in [1.29, 1.82) is 0 Å². The number of ether oxygens (including phenoxy) is 2. The van der Waals surface area contributed by atoms with Crippen LogP contribution in [0.15, 0.2) is 69.9 Å². The number of nitrogens with zero attached hydrogens (tertiary/aromatic N) is 2. The molecule has 36 heavy (non-hydrogen) atoms. The summed E-state index contributed by atoms with van der Waals surface area (Å²) in [6, 6.07) is 17.7. The molecule has 1 aliphatic rings. The summed E-state index contributed by atoms with van der Waals surface area (Å²) in [6.45, 7) is 4.40. The third-order valence-electron chi connectivity index (χ3n) is 6.32. The van der Waals surface area contributed by atoms with E-state index in [2.05, 4.69) is 0 Å². The van der Waals surface area contributed by atoms with Crippen molar-refractivity contribution < 1.29 is 18.7 Å². The Bertz CT molecular complexity index is 1700. The number of aryl methyl sites for hydroxylation is 1. The molecule has 0 saturated carbocycles. The standard InChI is InChI=1S/C28H22N2O5S/c1-4-34-18-10-11-20-22(14-18)36-28(29-20)30-24(16-6-8-17(33-3)9-7-16)23-25(31)19-13-15(2)5-12-21(19)35-26(23)27(30)32/h5-14,24H,4H2,1-3H3/t24-/m1/s1. The van der Waals surface area contributed by atoms with E-state index in [-0.39, 0.29) is 11.2 Å². The molecule has 8 heteroatoms. The predicted molar refractivity (Wildman–Crippen MR) is 140 cm³/mol. The lowest BCUT2D eigenvalue weighted by Gasteiger charge is -2.22. The van der Waals surface area contributed by atoms with Crippen LogP contribution in [0.3, 0.4) is 0 Å². The SMILES string of the molecule is CCOc1ccc2nc(N3C(=O)c4oc5ccc(C)cc5c(=O)c4[C@H]3c3ccc(OC)cc3)sc2c1. The summed E-state index contributed by atoms with van der Waals surface area (Å²) in [4.78, 5) is 33.9. The lowest BCUT2D eigenvalue weighted by atomic mass is 9.98. The molecule has 3 aromatic carbocycles. The first kappa shape index (κ1) is 22.3. The molecule has 2 aromatic heterocycles. The van der Waals surface area contributed by atoms with Gasteiger partial charge >= 0.3 is 0 Å². The molecule has 0 fully saturated rings. The molecule has 1 aliphatic heterocycles. The number of anilines is 1. The van der Waals surface area contributed by atoms with Gasteiger partial charge in [0.05, 0.1) is 40.9 Å². The topological polar surface area (TPSA) is 81.9 Å². The molecule has 0 saturated heterocycles. The number of rotatable bonds is 5. The first-order valence-electron chi connectivity index (χ1n) is 11.6. The highest BCUT2D eigenvalue weighted by atomic mass is 32.1. The first-order valence-corrected chi connectivity index (χ1v) is 12.4. The second kappa shape index (κ2) is 8.49. The molecule has 0 spiro atoms. The Balaban J connectivity index is 1.58. The Morgan fingerprint density at radius 1 is 1.03 bits per heavy atom. The number of amides is 1. The van der Waals surface area contributed by atoms with E-state index in [1.165, 1.54) is 11.3 Å². The molecule has 180 valence electrons. The molecule has 0 unspecified atom stereocenters. The zero-order chi connectivity index (χ0) is 25.0. The van der Waals surface area contributed by atoms with Crippen LogP contribution < -0.4 is 19.8 Å². The lowest BCUT2D eigenvalue weighted by Crippen LogP contribution is -2.29. The van der Waals surface area contributed by atoms with E-state index in [4.69, 9.17) is 18.9 Å². The van der Waals surface area contributed by atoms with Gasteiger partial charge in [-0.2, -0.15) is 0 Å². The second-order valence-electron chi connectivity index (χ2n) is 8.58. The van der Waals surface area contributed by atoms with E-state index >= 15 is 0 Å². The van der Waals surface area contributed by atoms with Crippen LogP contribution in [-0.2, 0) is 0 Å². The summed E-state index contributed by atoms with van der Waals surface area (Å²) in [5.74, 6) is 1.07. The van der Waals surface area contributed by atoms with E-state index in [1.54, 1.807) is 24.1 Å². The van der Waals surface area contributed by atoms with Crippen LogP contribution in [0, 0.1) is 6.92 Å². The largest absolute Gasteiger partial charge is 0.497 e. The summed E-state index contributed by atoms with van der Waals surface area (Å²) in [7, 11) is 1.59. The second-order valence-corrected chi connectivity index (χ2v) is 9.59. The molecule has 7 nitrogen and oxygen atoms in total. The van der Waals surface area contributed by atoms with Crippen molar-refractivity contribution in [2.45, 2.75) is 19.9 Å². The van der Waals surface area contributed by atoms with Crippen LogP contribution in [0.1, 0.15) is 40.2 Å². The lowest BCUT2D eigenvalue weighted by molar-refractivity contribution is 0.0971. The van der Waals surface area contributed by atoms with Gasteiger partial charge in [0.25, 0.3) is 5.91 Å². The number of benzene rings is 3. The number of carbonyl (C=O) groups excluding carboxylic acids is 1. The fourth-order valence-electron chi connectivity index (χ4n) is 4.64. The highest BCUT2D eigenvalue weighted by molar-refractivity contribution is 7.22. The van der Waals surface area contributed by atoms with E-state index in [0.717, 1.165) is 27.1 Å². The summed E-state index contributed by atoms with van der Waals surface area (Å²) < 4.78 is 17.9. The zero-order valence-electron chi connectivity index (χ0n) is 19.9. The quantitative estimate of drug-likeness (QED) is 0.302. The fourth-order valence-corrected chi connectivity index (χ4v) is 5.66. The van der Waals surface area contributed by atoms with Gasteiger partial charge in [0, 0.05) is 0 Å². The minimum Gasteiger partial charge on any atom is -0.497 e. The Kier molecular flexibility index (Phi) is 5.26. The monoisotopic (exact) mass is 498 g/mol. The average molecular weight is 499 g/mol. The normalized spacial score (nSPS) is 15.0. The molecule has 1 atom stereocenters. The summed E-state index contributed by atoms with van der Waals surface area (Å²) in [6.07, 6.45) is 0. The van der Waals surface area contributed by atoms with Gasteiger partial charge in [-0.3, -0.25) is 14.5 Å². The highest BCUT2D eigenvalue weighted by Crippen LogP contribution is 2.44. The number of fused-ring (bicyclic) bond motifs is 3. The van der Waals surface area contributed by atoms with Gasteiger partial charge in [-0.1, -0.05) is 35.1 Å². The Hall–Kier alpha value is -4.17. The van der Waals surface area contributed by atoms with Crippen LogP contribution in [0.4, 0.5) is 5.13 Å². The third-order valence-corrected chi connectivity index (χ3v) is 7.34. The number of methoxy groups -OCH3 is 1. The van der Waals surface area contributed by atoms with Gasteiger partial charge in [0.15, 0.2) is 10.6 Å². The van der Waals surface area contributed by atoms with Crippen LogP contribution in [0.2, 0.25) is 0 Å². The molecule has 3 heterocycles. The zero-order valence-corrected chi connectivity index (χ0v) is 20.7. The van der Waals surface area contributed by atoms with E-state index in [9.17, 15) is 9.59 Å². The van der Waals surface area contributed by atoms with E-state index in [1.807, 2.05) is 62.4 Å². The van der Waals surface area contributed by atoms with Crippen LogP contribution in [-0.4, -0.2) is 24.6 Å². The van der Waals surface area contributed by atoms with Crippen molar-refractivity contribution in [1.82, 2.24) is 4.98 Å². The molecule has 0 radical (unpaired) electrons. The van der Waals surface area contributed by atoms with E-state index < -0.39 is 11.9 Å². The van der Waals surface area contributed by atoms with Gasteiger partial charge in [-0.25, -0.2) is 4.98 Å². The molecule has 0 N–H and O–H groups in total. The minimum absolute atomic E-state index is 0.0476. The van der Waals surface area contributed by atoms with Crippen molar-refractivity contribution in [3.05, 3.63) is 93.3 Å². The van der Waals surface area contributed by atoms with Gasteiger partial charge in [-0.15, -0.1) is 0 Å². The molecule has 0 aliphatic carbocycles. The number of carbonyl (C=O) groups is 1. The number of thiazole rings is 1. The summed E-state index contributed by atoms with van der Waals surface area (Å²) in [5, 5.41) is 0.933. The number of hydrogen-bond acceptors (Lipinski definition) is 7. The summed E-state index contributed by atoms with van der Waals surface area (Å²) >= 11 is 1.37. The predicted octanol–water partition coefficient (Wildman–Crippen LogP) is 5.87. The van der Waals surface area contributed by atoms with Crippen molar-refractivity contribution in [2.24, 2.45) is 0 Å². The fraction of sp³-hybridized carbons (Fsp3) is 0.179. The molecular formula is C28H22N2O5S. The average Bonchev–Trinajstić information content (AvgIpc) is 3.43. The molecule has 6 rings (SSSR count). The first-order chi connectivity index (χ1) is 17.5. The molecule has 0 bridgehead atoms. The smallest absolute Gasteiger partial charge is 0.297 e.